The number of urea groups is 1. The highest BCUT2D eigenvalue weighted by Gasteiger charge is 2.16. The molecule has 0 radical (unpaired) electrons. The average Bonchev–Trinajstić information content (AvgIpc) is 2.64. The van der Waals surface area contributed by atoms with Crippen LogP contribution in [0.1, 0.15) is 22.7 Å². The Morgan fingerprint density at radius 1 is 0.880 bits per heavy atom. The minimum atomic E-state index is -0.237. The summed E-state index contributed by atoms with van der Waals surface area (Å²) < 4.78 is 1.02. The third kappa shape index (κ3) is 4.48. The average molecular weight is 395 g/mol. The number of benzene rings is 3. The predicted molar refractivity (Wildman–Crippen MR) is 106 cm³/mol. The Balaban J connectivity index is 1.80. The molecule has 0 saturated carbocycles. The summed E-state index contributed by atoms with van der Waals surface area (Å²) in [5, 5.41) is 5.98. The second kappa shape index (κ2) is 7.99. The second-order valence-electron chi connectivity index (χ2n) is 5.82. The van der Waals surface area contributed by atoms with Crippen LogP contribution in [0.15, 0.2) is 83.3 Å². The van der Waals surface area contributed by atoms with Crippen LogP contribution in [-0.4, -0.2) is 6.03 Å². The van der Waals surface area contributed by atoms with Crippen LogP contribution in [0, 0.1) is 6.92 Å². The van der Waals surface area contributed by atoms with E-state index >= 15 is 0 Å². The molecule has 0 aliphatic heterocycles. The van der Waals surface area contributed by atoms with Gasteiger partial charge in [0, 0.05) is 10.2 Å². The van der Waals surface area contributed by atoms with Crippen LogP contribution in [-0.2, 0) is 0 Å². The maximum absolute atomic E-state index is 12.5. The highest BCUT2D eigenvalue weighted by molar-refractivity contribution is 9.10. The first-order chi connectivity index (χ1) is 12.1. The zero-order chi connectivity index (χ0) is 17.6. The van der Waals surface area contributed by atoms with E-state index in [2.05, 4.69) is 26.6 Å². The molecule has 4 heteroatoms. The molecule has 0 saturated heterocycles. The maximum Gasteiger partial charge on any atom is 0.319 e. The molecule has 0 aromatic heterocycles. The molecule has 3 nitrogen and oxygen atoms in total. The zero-order valence-corrected chi connectivity index (χ0v) is 15.5. The third-order valence-corrected chi connectivity index (χ3v) is 4.85. The summed E-state index contributed by atoms with van der Waals surface area (Å²) in [6.45, 7) is 1.99. The van der Waals surface area contributed by atoms with Crippen LogP contribution in [0.4, 0.5) is 10.5 Å². The fraction of sp³-hybridized carbons (Fsp3) is 0.0952. The lowest BCUT2D eigenvalue weighted by Gasteiger charge is -2.20. The molecule has 2 amide bonds. The van der Waals surface area contributed by atoms with Crippen molar-refractivity contribution in [1.82, 2.24) is 5.32 Å². The van der Waals surface area contributed by atoms with E-state index in [1.54, 1.807) is 0 Å². The monoisotopic (exact) mass is 394 g/mol. The van der Waals surface area contributed by atoms with Crippen LogP contribution >= 0.6 is 15.9 Å². The van der Waals surface area contributed by atoms with Crippen molar-refractivity contribution >= 4 is 27.6 Å². The molecular formula is C21H19BrN2O. The topological polar surface area (TPSA) is 41.1 Å². The summed E-state index contributed by atoms with van der Waals surface area (Å²) in [5.41, 5.74) is 3.91. The number of hydrogen-bond donors (Lipinski definition) is 2. The minimum absolute atomic E-state index is 0.209. The van der Waals surface area contributed by atoms with Gasteiger partial charge < -0.3 is 10.6 Å². The van der Waals surface area contributed by atoms with Crippen LogP contribution in [0.2, 0.25) is 0 Å². The van der Waals surface area contributed by atoms with E-state index in [1.807, 2.05) is 85.8 Å². The summed E-state index contributed by atoms with van der Waals surface area (Å²) in [4.78, 5) is 12.5. The first-order valence-corrected chi connectivity index (χ1v) is 8.86. The first-order valence-electron chi connectivity index (χ1n) is 8.07. The Morgan fingerprint density at radius 2 is 1.44 bits per heavy atom. The van der Waals surface area contributed by atoms with Gasteiger partial charge in [-0.15, -0.1) is 0 Å². The number of carbonyl (C=O) groups excluding carboxylic acids is 1. The summed E-state index contributed by atoms with van der Waals surface area (Å²) in [5.74, 6) is 0. The number of aryl methyl sites for hydroxylation is 1. The Kier molecular flexibility index (Phi) is 5.51. The predicted octanol–water partition coefficient (Wildman–Crippen LogP) is 5.67. The van der Waals surface area contributed by atoms with E-state index in [9.17, 15) is 4.79 Å². The molecule has 0 fully saturated rings. The Labute approximate surface area is 156 Å². The fourth-order valence-corrected chi connectivity index (χ4v) is 2.92. The molecule has 0 heterocycles. The molecular weight excluding hydrogens is 376 g/mol. The molecule has 0 aliphatic rings. The molecule has 126 valence electrons. The first kappa shape index (κ1) is 17.2. The molecule has 0 atom stereocenters. The van der Waals surface area contributed by atoms with Gasteiger partial charge in [-0.25, -0.2) is 4.79 Å². The summed E-state index contributed by atoms with van der Waals surface area (Å²) in [7, 11) is 0. The van der Waals surface area contributed by atoms with Gasteiger partial charge in [0.15, 0.2) is 0 Å². The highest BCUT2D eigenvalue weighted by atomic mass is 79.9. The summed E-state index contributed by atoms with van der Waals surface area (Å²) in [6.07, 6.45) is 0. The van der Waals surface area contributed by atoms with Crippen molar-refractivity contribution in [2.75, 3.05) is 5.32 Å². The maximum atomic E-state index is 12.5. The van der Waals surface area contributed by atoms with Gasteiger partial charge in [0.2, 0.25) is 0 Å². The molecule has 0 bridgehead atoms. The Bertz CT molecular complexity index is 811. The van der Waals surface area contributed by atoms with Gasteiger partial charge in [-0.2, -0.15) is 0 Å². The molecule has 3 aromatic carbocycles. The number of halogens is 1. The van der Waals surface area contributed by atoms with E-state index in [-0.39, 0.29) is 12.1 Å². The lowest BCUT2D eigenvalue weighted by Crippen LogP contribution is -2.33. The van der Waals surface area contributed by atoms with Crippen molar-refractivity contribution in [1.29, 1.82) is 0 Å². The van der Waals surface area contributed by atoms with E-state index in [0.29, 0.717) is 0 Å². The van der Waals surface area contributed by atoms with Crippen molar-refractivity contribution in [2.24, 2.45) is 0 Å². The normalized spacial score (nSPS) is 10.5. The van der Waals surface area contributed by atoms with E-state index in [1.165, 1.54) is 0 Å². The van der Waals surface area contributed by atoms with Crippen LogP contribution in [0.25, 0.3) is 0 Å². The second-order valence-corrected chi connectivity index (χ2v) is 6.67. The van der Waals surface area contributed by atoms with Crippen molar-refractivity contribution in [3.63, 3.8) is 0 Å². The number of nitrogens with one attached hydrogen (secondary N) is 2. The standard InChI is InChI=1S/C21H19BrN2O/c1-15-14-18(12-13-19(15)22)23-21(25)24-20(16-8-4-2-5-9-16)17-10-6-3-7-11-17/h2-14,20H,1H3,(H2,23,24,25). The quantitative estimate of drug-likeness (QED) is 0.587. The van der Waals surface area contributed by atoms with Crippen LogP contribution in [0.5, 0.6) is 0 Å². The van der Waals surface area contributed by atoms with Gasteiger partial charge >= 0.3 is 6.03 Å². The van der Waals surface area contributed by atoms with E-state index < -0.39 is 0 Å². The van der Waals surface area contributed by atoms with Gasteiger partial charge in [0.05, 0.1) is 6.04 Å². The summed E-state index contributed by atoms with van der Waals surface area (Å²) in [6, 6.07) is 25.2. The Hall–Kier alpha value is -2.59. The van der Waals surface area contributed by atoms with Crippen LogP contribution < -0.4 is 10.6 Å². The van der Waals surface area contributed by atoms with Gasteiger partial charge in [-0.05, 0) is 41.8 Å². The largest absolute Gasteiger partial charge is 0.327 e. The lowest BCUT2D eigenvalue weighted by atomic mass is 9.99. The van der Waals surface area contributed by atoms with E-state index in [0.717, 1.165) is 26.9 Å². The zero-order valence-electron chi connectivity index (χ0n) is 13.9. The number of anilines is 1. The van der Waals surface area contributed by atoms with Gasteiger partial charge in [0.1, 0.15) is 0 Å². The van der Waals surface area contributed by atoms with Gasteiger partial charge in [0.25, 0.3) is 0 Å². The van der Waals surface area contributed by atoms with Gasteiger partial charge in [-0.1, -0.05) is 76.6 Å². The SMILES string of the molecule is Cc1cc(NC(=O)NC(c2ccccc2)c2ccccc2)ccc1Br. The fourth-order valence-electron chi connectivity index (χ4n) is 2.67. The molecule has 0 aliphatic carbocycles. The molecule has 2 N–H and O–H groups in total. The molecule has 0 spiro atoms. The summed E-state index contributed by atoms with van der Waals surface area (Å²) >= 11 is 3.47. The van der Waals surface area contributed by atoms with E-state index in [4.69, 9.17) is 0 Å². The van der Waals surface area contributed by atoms with Crippen molar-refractivity contribution < 1.29 is 4.79 Å². The molecule has 0 unspecified atom stereocenters. The van der Waals surface area contributed by atoms with Crippen molar-refractivity contribution in [3.05, 3.63) is 100 Å². The third-order valence-electron chi connectivity index (χ3n) is 3.96. The molecule has 3 aromatic rings. The lowest BCUT2D eigenvalue weighted by molar-refractivity contribution is 0.250. The number of hydrogen-bond acceptors (Lipinski definition) is 1. The minimum Gasteiger partial charge on any atom is -0.327 e. The van der Waals surface area contributed by atoms with Crippen LogP contribution in [0.3, 0.4) is 0 Å². The highest BCUT2D eigenvalue weighted by Crippen LogP contribution is 2.23. The molecule has 25 heavy (non-hydrogen) atoms. The number of amides is 2. The van der Waals surface area contributed by atoms with Gasteiger partial charge in [-0.3, -0.25) is 0 Å². The molecule has 3 rings (SSSR count). The van der Waals surface area contributed by atoms with Crippen molar-refractivity contribution in [3.8, 4) is 0 Å². The number of carbonyl (C=O) groups is 1. The van der Waals surface area contributed by atoms with Crippen molar-refractivity contribution in [2.45, 2.75) is 13.0 Å². The smallest absolute Gasteiger partial charge is 0.319 e. The number of rotatable bonds is 4. The Morgan fingerprint density at radius 3 is 1.96 bits per heavy atom.